The van der Waals surface area contributed by atoms with Gasteiger partial charge in [-0.2, -0.15) is 20.0 Å². The largest absolute Gasteiger partial charge is 0.368 e. The van der Waals surface area contributed by atoms with E-state index in [2.05, 4.69) is 54.7 Å². The zero-order valence-electron chi connectivity index (χ0n) is 19.4. The van der Waals surface area contributed by atoms with Gasteiger partial charge in [0.15, 0.2) is 17.2 Å². The van der Waals surface area contributed by atoms with Crippen LogP contribution in [0.25, 0.3) is 5.65 Å². The first-order chi connectivity index (χ1) is 17.0. The maximum Gasteiger partial charge on any atom is 0.247 e. The first kappa shape index (κ1) is 21.9. The molecule has 11 heteroatoms. The molecule has 1 unspecified atom stereocenters. The second kappa shape index (κ2) is 8.26. The van der Waals surface area contributed by atoms with Gasteiger partial charge < -0.3 is 15.5 Å². The van der Waals surface area contributed by atoms with Crippen molar-refractivity contribution in [2.75, 3.05) is 42.2 Å². The normalized spacial score (nSPS) is 22.0. The average Bonchev–Trinajstić information content (AvgIpc) is 3.25. The zero-order valence-corrected chi connectivity index (χ0v) is 20.2. The van der Waals surface area contributed by atoms with Crippen molar-refractivity contribution in [2.45, 2.75) is 43.7 Å². The van der Waals surface area contributed by atoms with Crippen molar-refractivity contribution in [1.29, 1.82) is 10.5 Å². The molecule has 0 radical (unpaired) electrons. The molecule has 4 heterocycles. The van der Waals surface area contributed by atoms with Gasteiger partial charge in [-0.05, 0) is 57.8 Å². The molecule has 2 N–H and O–H groups in total. The number of halogens is 1. The highest BCUT2D eigenvalue weighted by atomic mass is 35.5. The summed E-state index contributed by atoms with van der Waals surface area (Å²) in [7, 11) is 2.20. The van der Waals surface area contributed by atoms with Crippen molar-refractivity contribution in [1.82, 2.24) is 24.5 Å². The number of nitrogens with one attached hydrogen (secondary N) is 2. The van der Waals surface area contributed by atoms with Crippen molar-refractivity contribution in [3.05, 3.63) is 34.6 Å². The van der Waals surface area contributed by atoms with Crippen molar-refractivity contribution in [2.24, 2.45) is 0 Å². The van der Waals surface area contributed by atoms with E-state index in [1.807, 2.05) is 6.07 Å². The number of imidazole rings is 1. The quantitative estimate of drug-likeness (QED) is 0.555. The summed E-state index contributed by atoms with van der Waals surface area (Å²) >= 11 is 6.92. The molecule has 1 aliphatic carbocycles. The molecule has 3 aromatic rings. The van der Waals surface area contributed by atoms with E-state index in [1.165, 1.54) is 23.6 Å². The van der Waals surface area contributed by atoms with E-state index in [-0.39, 0.29) is 11.5 Å². The van der Waals surface area contributed by atoms with Crippen LogP contribution < -0.4 is 15.5 Å². The second-order valence-electron chi connectivity index (χ2n) is 9.71. The third-order valence-electron chi connectivity index (χ3n) is 7.44. The van der Waals surface area contributed by atoms with Crippen LogP contribution in [-0.2, 0) is 0 Å². The van der Waals surface area contributed by atoms with E-state index < -0.39 is 0 Å². The van der Waals surface area contributed by atoms with Gasteiger partial charge >= 0.3 is 0 Å². The van der Waals surface area contributed by atoms with Crippen molar-refractivity contribution < 1.29 is 0 Å². The first-order valence-corrected chi connectivity index (χ1v) is 12.3. The zero-order chi connectivity index (χ0) is 24.2. The van der Waals surface area contributed by atoms with E-state index in [1.54, 1.807) is 6.07 Å². The Hall–Kier alpha value is -3.60. The van der Waals surface area contributed by atoms with Crippen LogP contribution in [0, 0.1) is 22.7 Å². The highest BCUT2D eigenvalue weighted by Gasteiger charge is 2.44. The van der Waals surface area contributed by atoms with Gasteiger partial charge in [-0.1, -0.05) is 11.6 Å². The van der Waals surface area contributed by atoms with Crippen LogP contribution in [0.1, 0.15) is 43.4 Å². The van der Waals surface area contributed by atoms with Gasteiger partial charge in [0.2, 0.25) is 5.95 Å². The third-order valence-corrected chi connectivity index (χ3v) is 7.84. The van der Waals surface area contributed by atoms with E-state index in [0.29, 0.717) is 39.5 Å². The van der Waals surface area contributed by atoms with Gasteiger partial charge in [-0.3, -0.25) is 4.90 Å². The van der Waals surface area contributed by atoms with Crippen LogP contribution in [0.5, 0.6) is 0 Å². The molecule has 1 aromatic carbocycles. The van der Waals surface area contributed by atoms with E-state index in [0.717, 1.165) is 44.6 Å². The van der Waals surface area contributed by atoms with E-state index >= 15 is 0 Å². The first-order valence-electron chi connectivity index (χ1n) is 11.9. The number of nitriles is 2. The molecule has 178 valence electrons. The molecule has 1 spiro atoms. The fourth-order valence-corrected chi connectivity index (χ4v) is 5.57. The third kappa shape index (κ3) is 3.79. The van der Waals surface area contributed by atoms with Crippen molar-refractivity contribution in [3.8, 4) is 12.1 Å². The number of nitrogens with zero attached hydrogens (tertiary/aromatic N) is 8. The highest BCUT2D eigenvalue weighted by Crippen LogP contribution is 2.42. The molecular weight excluding hydrogens is 464 g/mol. The minimum atomic E-state index is 0.173. The summed E-state index contributed by atoms with van der Waals surface area (Å²) in [6.07, 6.45) is 7.08. The van der Waals surface area contributed by atoms with Gasteiger partial charge in [0.25, 0.3) is 0 Å². The molecule has 2 saturated heterocycles. The Morgan fingerprint density at radius 1 is 1.17 bits per heavy atom. The van der Waals surface area contributed by atoms with Gasteiger partial charge in [-0.15, -0.1) is 5.10 Å². The van der Waals surface area contributed by atoms with Gasteiger partial charge in [-0.25, -0.2) is 4.98 Å². The number of likely N-dealkylation sites (N-methyl/N-ethyl adjacent to an activating group) is 1. The Morgan fingerprint density at radius 3 is 2.74 bits per heavy atom. The van der Waals surface area contributed by atoms with Crippen molar-refractivity contribution >= 4 is 40.4 Å². The molecule has 6 rings (SSSR count). The molecular formula is C24H25ClN10. The Bertz CT molecular complexity index is 1400. The van der Waals surface area contributed by atoms with Crippen LogP contribution in [0.2, 0.25) is 5.02 Å². The molecule has 2 aliphatic heterocycles. The molecule has 0 amide bonds. The number of fused-ring (bicyclic) bond motifs is 1. The molecule has 0 bridgehead atoms. The van der Waals surface area contributed by atoms with E-state index in [4.69, 9.17) is 11.6 Å². The summed E-state index contributed by atoms with van der Waals surface area (Å²) in [5.41, 5.74) is 2.88. The topological polar surface area (TPSA) is 121 Å². The lowest BCUT2D eigenvalue weighted by Crippen LogP contribution is -2.43. The van der Waals surface area contributed by atoms with Crippen LogP contribution in [-0.4, -0.2) is 62.7 Å². The number of likely N-dealkylation sites (tertiary alicyclic amines) is 1. The number of benzene rings is 1. The molecule has 3 aliphatic rings. The van der Waals surface area contributed by atoms with Crippen LogP contribution >= 0.6 is 11.6 Å². The minimum Gasteiger partial charge on any atom is -0.368 e. The summed E-state index contributed by atoms with van der Waals surface area (Å²) in [4.78, 5) is 13.7. The standard InChI is InChI=1S/C24H25ClN10/c1-33-7-2-5-24(33)6-8-34(14-24)19-10-15(11-26)9-18(20(19)25)30-23-31-21(29-16-3-4-16)22-28-13-17(12-27)35(22)32-23/h9-10,13,16H,2-8,14H2,1H3,(H2,29,30,31,32). The van der Waals surface area contributed by atoms with Gasteiger partial charge in [0.05, 0.1) is 34.2 Å². The number of hydrogen-bond donors (Lipinski definition) is 2. The highest BCUT2D eigenvalue weighted by molar-refractivity contribution is 6.36. The maximum atomic E-state index is 9.73. The fraction of sp³-hybridized carbons (Fsp3) is 0.458. The summed E-state index contributed by atoms with van der Waals surface area (Å²) in [6, 6.07) is 8.28. The molecule has 1 atom stereocenters. The summed E-state index contributed by atoms with van der Waals surface area (Å²) < 4.78 is 1.48. The average molecular weight is 489 g/mol. The Morgan fingerprint density at radius 2 is 2.03 bits per heavy atom. The van der Waals surface area contributed by atoms with E-state index in [9.17, 15) is 10.5 Å². The Kier molecular flexibility index (Phi) is 5.17. The lowest BCUT2D eigenvalue weighted by atomic mass is 9.96. The maximum absolute atomic E-state index is 9.73. The summed E-state index contributed by atoms with van der Waals surface area (Å²) in [6.45, 7) is 2.88. The van der Waals surface area contributed by atoms with Gasteiger partial charge in [0.1, 0.15) is 6.07 Å². The van der Waals surface area contributed by atoms with Gasteiger partial charge in [0, 0.05) is 24.7 Å². The van der Waals surface area contributed by atoms with Crippen LogP contribution in [0.3, 0.4) is 0 Å². The molecule has 3 fully saturated rings. The predicted octanol–water partition coefficient (Wildman–Crippen LogP) is 3.51. The second-order valence-corrected chi connectivity index (χ2v) is 10.1. The SMILES string of the molecule is CN1CCCC12CCN(c1cc(C#N)cc(Nc3nc(NC4CC4)c4ncc(C#N)n4n3)c1Cl)C2. The van der Waals surface area contributed by atoms with Crippen LogP contribution in [0.4, 0.5) is 23.1 Å². The number of rotatable bonds is 5. The Labute approximate surface area is 208 Å². The monoisotopic (exact) mass is 488 g/mol. The summed E-state index contributed by atoms with van der Waals surface area (Å²) in [5.74, 6) is 0.830. The number of hydrogen-bond acceptors (Lipinski definition) is 9. The minimum absolute atomic E-state index is 0.173. The predicted molar refractivity (Wildman–Crippen MR) is 133 cm³/mol. The lowest BCUT2D eigenvalue weighted by Gasteiger charge is -2.32. The van der Waals surface area contributed by atoms with Crippen LogP contribution in [0.15, 0.2) is 18.3 Å². The lowest BCUT2D eigenvalue weighted by molar-refractivity contribution is 0.198. The Balaban J connectivity index is 1.37. The molecule has 1 saturated carbocycles. The molecule has 10 nitrogen and oxygen atoms in total. The molecule has 35 heavy (non-hydrogen) atoms. The summed E-state index contributed by atoms with van der Waals surface area (Å²) in [5, 5.41) is 30.8. The smallest absolute Gasteiger partial charge is 0.247 e. The fourth-order valence-electron chi connectivity index (χ4n) is 5.29. The molecule has 2 aromatic heterocycles. The number of anilines is 4. The van der Waals surface area contributed by atoms with Crippen molar-refractivity contribution in [3.63, 3.8) is 0 Å². The number of aromatic nitrogens is 4.